The highest BCUT2D eigenvalue weighted by molar-refractivity contribution is 6.27. The molecule has 4 aromatic carbocycles. The van der Waals surface area contributed by atoms with Gasteiger partial charge in [0.05, 0.1) is 11.0 Å². The summed E-state index contributed by atoms with van der Waals surface area (Å²) >= 11 is 0. The Morgan fingerprint density at radius 1 is 0.633 bits per heavy atom. The van der Waals surface area contributed by atoms with Gasteiger partial charge in [0.25, 0.3) is 11.8 Å². The molecular formula is C25H15N3O2. The Hall–Kier alpha value is -4.25. The third-order valence-corrected chi connectivity index (χ3v) is 5.62. The van der Waals surface area contributed by atoms with Crippen LogP contribution in [-0.2, 0) is 0 Å². The molecule has 30 heavy (non-hydrogen) atoms. The minimum absolute atomic E-state index is 0.351. The number of imidazole rings is 1. The molecule has 0 aliphatic carbocycles. The normalized spacial score (nSPS) is 13.1. The zero-order valence-corrected chi connectivity index (χ0v) is 15.8. The van der Waals surface area contributed by atoms with Crippen LogP contribution in [0, 0.1) is 0 Å². The van der Waals surface area contributed by atoms with Crippen molar-refractivity contribution >= 4 is 33.6 Å². The Balaban J connectivity index is 1.48. The molecule has 5 aromatic rings. The zero-order chi connectivity index (χ0) is 20.2. The van der Waals surface area contributed by atoms with Gasteiger partial charge in [0.1, 0.15) is 5.82 Å². The van der Waals surface area contributed by atoms with E-state index in [1.165, 1.54) is 0 Å². The second-order valence-electron chi connectivity index (χ2n) is 7.35. The van der Waals surface area contributed by atoms with Crippen LogP contribution < -0.4 is 5.32 Å². The van der Waals surface area contributed by atoms with E-state index < -0.39 is 0 Å². The number of para-hydroxylation sites is 2. The first-order valence-corrected chi connectivity index (χ1v) is 9.66. The van der Waals surface area contributed by atoms with E-state index in [-0.39, 0.29) is 11.8 Å². The number of nitrogens with zero attached hydrogens (tertiary/aromatic N) is 1. The highest BCUT2D eigenvalue weighted by Gasteiger charge is 2.25. The largest absolute Gasteiger partial charge is 0.338 e. The number of imide groups is 1. The molecule has 1 aliphatic heterocycles. The molecule has 2 N–H and O–H groups in total. The number of hydrogen-bond donors (Lipinski definition) is 2. The fraction of sp³-hybridized carbons (Fsp3) is 0. The number of aromatic amines is 1. The highest BCUT2D eigenvalue weighted by atomic mass is 16.2. The molecule has 5 nitrogen and oxygen atoms in total. The first-order valence-electron chi connectivity index (χ1n) is 9.66. The number of carbonyl (C=O) groups excluding carboxylic acids is 2. The van der Waals surface area contributed by atoms with Crippen molar-refractivity contribution in [2.75, 3.05) is 0 Å². The Morgan fingerprint density at radius 3 is 2.13 bits per heavy atom. The first-order chi connectivity index (χ1) is 14.7. The summed E-state index contributed by atoms with van der Waals surface area (Å²) < 4.78 is 0. The van der Waals surface area contributed by atoms with Gasteiger partial charge in [0, 0.05) is 22.1 Å². The van der Waals surface area contributed by atoms with Crippen LogP contribution in [0.25, 0.3) is 44.3 Å². The molecule has 5 heteroatoms. The maximum Gasteiger partial charge on any atom is 0.258 e. The van der Waals surface area contributed by atoms with Gasteiger partial charge in [-0.1, -0.05) is 54.6 Å². The summed E-state index contributed by atoms with van der Waals surface area (Å²) in [7, 11) is 0. The maximum atomic E-state index is 12.3. The van der Waals surface area contributed by atoms with Crippen LogP contribution >= 0.6 is 0 Å². The summed E-state index contributed by atoms with van der Waals surface area (Å²) in [6, 6.07) is 25.4. The van der Waals surface area contributed by atoms with Gasteiger partial charge in [-0.3, -0.25) is 14.9 Å². The SMILES string of the molecule is O=C1NC(=O)c2ccc(-c3ccc(-c4nc5ccccc5[nH]4)cc3)c3cccc1c23. The monoisotopic (exact) mass is 389 g/mol. The van der Waals surface area contributed by atoms with Gasteiger partial charge in [0.15, 0.2) is 0 Å². The lowest BCUT2D eigenvalue weighted by atomic mass is 9.89. The molecule has 0 atom stereocenters. The second-order valence-corrected chi connectivity index (χ2v) is 7.35. The zero-order valence-electron chi connectivity index (χ0n) is 15.8. The minimum atomic E-state index is -0.351. The van der Waals surface area contributed by atoms with E-state index >= 15 is 0 Å². The van der Waals surface area contributed by atoms with E-state index in [0.717, 1.165) is 38.9 Å². The molecule has 6 rings (SSSR count). The van der Waals surface area contributed by atoms with E-state index in [0.29, 0.717) is 16.5 Å². The number of benzene rings is 4. The molecule has 0 unspecified atom stereocenters. The maximum absolute atomic E-state index is 12.3. The number of fused-ring (bicyclic) bond motifs is 1. The van der Waals surface area contributed by atoms with Crippen molar-refractivity contribution < 1.29 is 9.59 Å². The van der Waals surface area contributed by atoms with E-state index in [1.54, 1.807) is 12.1 Å². The molecular weight excluding hydrogens is 374 g/mol. The van der Waals surface area contributed by atoms with Gasteiger partial charge in [-0.05, 0) is 40.8 Å². The third-order valence-electron chi connectivity index (χ3n) is 5.62. The molecule has 0 saturated carbocycles. The molecule has 0 saturated heterocycles. The van der Waals surface area contributed by atoms with Crippen LogP contribution in [0.15, 0.2) is 78.9 Å². The molecule has 0 radical (unpaired) electrons. The van der Waals surface area contributed by atoms with Gasteiger partial charge in [-0.25, -0.2) is 4.98 Å². The summed E-state index contributed by atoms with van der Waals surface area (Å²) in [5.41, 5.74) is 5.98. The van der Waals surface area contributed by atoms with Crippen LogP contribution in [0.2, 0.25) is 0 Å². The standard InChI is InChI=1S/C25H15N3O2/c29-24-18-5-3-4-17-16(12-13-19(22(17)18)25(30)28-24)14-8-10-15(11-9-14)23-26-20-6-1-2-7-21(20)27-23/h1-13H,(H,26,27)(H,28,29,30). The third kappa shape index (κ3) is 2.39. The van der Waals surface area contributed by atoms with E-state index in [1.807, 2.05) is 66.7 Å². The number of amides is 2. The molecule has 0 spiro atoms. The van der Waals surface area contributed by atoms with Crippen molar-refractivity contribution in [2.45, 2.75) is 0 Å². The molecule has 2 amide bonds. The van der Waals surface area contributed by atoms with Gasteiger partial charge in [0.2, 0.25) is 0 Å². The number of H-pyrrole nitrogens is 1. The molecule has 1 aliphatic rings. The Labute approximate surface area is 171 Å². The van der Waals surface area contributed by atoms with Crippen LogP contribution in [0.3, 0.4) is 0 Å². The molecule has 142 valence electrons. The first kappa shape index (κ1) is 16.7. The number of carbonyl (C=O) groups is 2. The van der Waals surface area contributed by atoms with Gasteiger partial charge in [-0.15, -0.1) is 0 Å². The second kappa shape index (κ2) is 6.12. The van der Waals surface area contributed by atoms with Gasteiger partial charge in [-0.2, -0.15) is 0 Å². The van der Waals surface area contributed by atoms with Crippen LogP contribution in [0.5, 0.6) is 0 Å². The summed E-state index contributed by atoms with van der Waals surface area (Å²) in [5, 5.41) is 4.01. The van der Waals surface area contributed by atoms with Crippen LogP contribution in [-0.4, -0.2) is 21.8 Å². The predicted octanol–water partition coefficient (Wildman–Crippen LogP) is 4.93. The van der Waals surface area contributed by atoms with E-state index in [4.69, 9.17) is 0 Å². The van der Waals surface area contributed by atoms with Crippen molar-refractivity contribution in [2.24, 2.45) is 0 Å². The van der Waals surface area contributed by atoms with Crippen LogP contribution in [0.1, 0.15) is 20.7 Å². The number of nitrogens with one attached hydrogen (secondary N) is 2. The fourth-order valence-corrected chi connectivity index (χ4v) is 4.17. The van der Waals surface area contributed by atoms with E-state index in [9.17, 15) is 9.59 Å². The topological polar surface area (TPSA) is 74.8 Å². The van der Waals surface area contributed by atoms with Gasteiger partial charge >= 0.3 is 0 Å². The Morgan fingerprint density at radius 2 is 1.33 bits per heavy atom. The number of rotatable bonds is 2. The van der Waals surface area contributed by atoms with E-state index in [2.05, 4.69) is 15.3 Å². The van der Waals surface area contributed by atoms with Crippen molar-refractivity contribution in [1.82, 2.24) is 15.3 Å². The lowest BCUT2D eigenvalue weighted by molar-refractivity contribution is 0.0845. The lowest BCUT2D eigenvalue weighted by Crippen LogP contribution is -2.34. The molecule has 1 aromatic heterocycles. The lowest BCUT2D eigenvalue weighted by Gasteiger charge is -2.18. The molecule has 0 bridgehead atoms. The van der Waals surface area contributed by atoms with Crippen molar-refractivity contribution in [1.29, 1.82) is 0 Å². The quantitative estimate of drug-likeness (QED) is 0.420. The minimum Gasteiger partial charge on any atom is -0.338 e. The predicted molar refractivity (Wildman–Crippen MR) is 116 cm³/mol. The summed E-state index contributed by atoms with van der Waals surface area (Å²) in [4.78, 5) is 32.5. The average molecular weight is 389 g/mol. The molecule has 0 fully saturated rings. The number of aromatic nitrogens is 2. The van der Waals surface area contributed by atoms with Crippen molar-refractivity contribution in [3.05, 3.63) is 90.0 Å². The fourth-order valence-electron chi connectivity index (χ4n) is 4.17. The average Bonchev–Trinajstić information content (AvgIpc) is 3.21. The Kier molecular flexibility index (Phi) is 3.40. The summed E-state index contributed by atoms with van der Waals surface area (Å²) in [6.07, 6.45) is 0. The van der Waals surface area contributed by atoms with Gasteiger partial charge < -0.3 is 4.98 Å². The Bertz CT molecular complexity index is 1440. The van der Waals surface area contributed by atoms with Crippen molar-refractivity contribution in [3.8, 4) is 22.5 Å². The summed E-state index contributed by atoms with van der Waals surface area (Å²) in [5.74, 6) is 0.118. The van der Waals surface area contributed by atoms with Crippen LogP contribution in [0.4, 0.5) is 0 Å². The molecule has 2 heterocycles. The summed E-state index contributed by atoms with van der Waals surface area (Å²) in [6.45, 7) is 0. The number of hydrogen-bond acceptors (Lipinski definition) is 3. The van der Waals surface area contributed by atoms with Crippen molar-refractivity contribution in [3.63, 3.8) is 0 Å². The highest BCUT2D eigenvalue weighted by Crippen LogP contribution is 2.35. The smallest absolute Gasteiger partial charge is 0.258 e.